The number of aryl methyl sites for hydroxylation is 1. The van der Waals surface area contributed by atoms with Gasteiger partial charge >= 0.3 is 0 Å². The van der Waals surface area contributed by atoms with E-state index in [2.05, 4.69) is 54.0 Å². The Morgan fingerprint density at radius 3 is 2.94 bits per heavy atom. The molecule has 0 spiro atoms. The number of aromatic nitrogens is 5. The quantitative estimate of drug-likeness (QED) is 0.345. The summed E-state index contributed by atoms with van der Waals surface area (Å²) in [6, 6.07) is 6.14. The maximum atomic E-state index is 10.3. The van der Waals surface area contributed by atoms with Crippen LogP contribution in [0.15, 0.2) is 36.8 Å². The van der Waals surface area contributed by atoms with Crippen LogP contribution in [0.3, 0.4) is 0 Å². The van der Waals surface area contributed by atoms with Gasteiger partial charge in [-0.05, 0) is 43.5 Å². The molecule has 5 rings (SSSR count). The van der Waals surface area contributed by atoms with Crippen molar-refractivity contribution >= 4 is 22.9 Å². The Balaban J connectivity index is 1.40. The second kappa shape index (κ2) is 8.99. The number of piperidine rings is 1. The summed E-state index contributed by atoms with van der Waals surface area (Å²) < 4.78 is 3.90. The average Bonchev–Trinajstić information content (AvgIpc) is 3.40. The number of anilines is 2. The molecule has 1 fully saturated rings. The van der Waals surface area contributed by atoms with Gasteiger partial charge in [0.1, 0.15) is 17.3 Å². The fourth-order valence-corrected chi connectivity index (χ4v) is 4.38. The first-order valence-electron chi connectivity index (χ1n) is 11.7. The molecule has 2 atom stereocenters. The average molecular weight is 449 g/mol. The summed E-state index contributed by atoms with van der Waals surface area (Å²) in [6.45, 7) is 9.20. The van der Waals surface area contributed by atoms with Gasteiger partial charge in [-0.15, -0.1) is 0 Å². The van der Waals surface area contributed by atoms with E-state index in [4.69, 9.17) is 9.97 Å². The second-order valence-electron chi connectivity index (χ2n) is 9.27. The number of nitrogens with zero attached hydrogens (tertiary/aromatic N) is 5. The molecule has 0 unspecified atom stereocenters. The van der Waals surface area contributed by atoms with Crippen molar-refractivity contribution < 1.29 is 5.11 Å². The molecule has 174 valence electrons. The van der Waals surface area contributed by atoms with Crippen molar-refractivity contribution in [1.29, 1.82) is 0 Å². The zero-order chi connectivity index (χ0) is 22.9. The van der Waals surface area contributed by atoms with E-state index in [1.165, 1.54) is 5.56 Å². The van der Waals surface area contributed by atoms with Crippen LogP contribution in [0.2, 0.25) is 0 Å². The molecule has 0 aliphatic carbocycles. The number of β-amino-alcohol motifs (C(OH)–C–C–N with tert-alkyl or cyclic N) is 1. The fourth-order valence-electron chi connectivity index (χ4n) is 4.38. The van der Waals surface area contributed by atoms with E-state index in [-0.39, 0.29) is 12.0 Å². The summed E-state index contributed by atoms with van der Waals surface area (Å²) in [5.74, 6) is 2.15. The molecule has 1 saturated heterocycles. The molecule has 4 aromatic heterocycles. The van der Waals surface area contributed by atoms with Crippen LogP contribution in [0.5, 0.6) is 0 Å². The molecule has 1 aliphatic heterocycles. The molecule has 0 aromatic carbocycles. The maximum Gasteiger partial charge on any atom is 0.163 e. The molecule has 9 nitrogen and oxygen atoms in total. The van der Waals surface area contributed by atoms with Gasteiger partial charge in [0.15, 0.2) is 5.65 Å². The first-order valence-corrected chi connectivity index (χ1v) is 11.7. The minimum atomic E-state index is -0.340. The Hall–Kier alpha value is -3.17. The van der Waals surface area contributed by atoms with Crippen LogP contribution >= 0.6 is 0 Å². The van der Waals surface area contributed by atoms with Crippen molar-refractivity contribution in [2.45, 2.75) is 45.8 Å². The third-order valence-corrected chi connectivity index (χ3v) is 6.37. The highest BCUT2D eigenvalue weighted by Crippen LogP contribution is 2.25. The monoisotopic (exact) mass is 448 g/mol. The van der Waals surface area contributed by atoms with Crippen LogP contribution in [0.4, 0.5) is 11.6 Å². The third kappa shape index (κ3) is 4.51. The van der Waals surface area contributed by atoms with Gasteiger partial charge in [-0.3, -0.25) is 0 Å². The lowest BCUT2D eigenvalue weighted by Gasteiger charge is -2.28. The molecule has 0 radical (unpaired) electrons. The Morgan fingerprint density at radius 2 is 2.12 bits per heavy atom. The smallest absolute Gasteiger partial charge is 0.163 e. The van der Waals surface area contributed by atoms with Gasteiger partial charge < -0.3 is 25.5 Å². The number of imidazole rings is 1. The Morgan fingerprint density at radius 1 is 1.24 bits per heavy atom. The molecule has 0 saturated carbocycles. The molecule has 0 amide bonds. The number of pyridine rings is 1. The molecule has 4 N–H and O–H groups in total. The summed E-state index contributed by atoms with van der Waals surface area (Å²) in [6.07, 6.45) is 6.57. The number of aliphatic hydroxyl groups is 1. The van der Waals surface area contributed by atoms with E-state index in [9.17, 15) is 5.11 Å². The van der Waals surface area contributed by atoms with Crippen molar-refractivity contribution in [1.82, 2.24) is 29.3 Å². The Labute approximate surface area is 193 Å². The van der Waals surface area contributed by atoms with E-state index >= 15 is 0 Å². The van der Waals surface area contributed by atoms with Gasteiger partial charge in [-0.2, -0.15) is 9.61 Å². The lowest BCUT2D eigenvalue weighted by atomic mass is 9.95. The number of hydrogen-bond acceptors (Lipinski definition) is 7. The van der Waals surface area contributed by atoms with Crippen molar-refractivity contribution in [3.63, 3.8) is 0 Å². The first-order chi connectivity index (χ1) is 16.0. The normalized spacial score (nSPS) is 18.9. The van der Waals surface area contributed by atoms with Crippen molar-refractivity contribution in [3.05, 3.63) is 53.6 Å². The highest BCUT2D eigenvalue weighted by Gasteiger charge is 2.23. The maximum absolute atomic E-state index is 10.3. The number of rotatable bonds is 7. The zero-order valence-corrected chi connectivity index (χ0v) is 19.4. The van der Waals surface area contributed by atoms with Crippen LogP contribution in [-0.2, 0) is 6.54 Å². The third-order valence-electron chi connectivity index (χ3n) is 6.37. The summed E-state index contributed by atoms with van der Waals surface area (Å²) >= 11 is 0. The van der Waals surface area contributed by atoms with Crippen LogP contribution in [-0.4, -0.2) is 54.8 Å². The lowest BCUT2D eigenvalue weighted by molar-refractivity contribution is 0.0883. The topological polar surface area (TPSA) is 104 Å². The van der Waals surface area contributed by atoms with Gasteiger partial charge in [0, 0.05) is 43.0 Å². The minimum Gasteiger partial charge on any atom is -0.391 e. The molecule has 4 aromatic rings. The summed E-state index contributed by atoms with van der Waals surface area (Å²) in [5, 5.41) is 25.1. The molecule has 5 heterocycles. The van der Waals surface area contributed by atoms with Crippen LogP contribution in [0, 0.1) is 12.8 Å². The molecule has 9 heteroatoms. The van der Waals surface area contributed by atoms with Crippen molar-refractivity contribution in [2.24, 2.45) is 5.92 Å². The summed E-state index contributed by atoms with van der Waals surface area (Å²) in [4.78, 5) is 9.59. The number of fused-ring (bicyclic) bond motifs is 2. The van der Waals surface area contributed by atoms with E-state index < -0.39 is 0 Å². The van der Waals surface area contributed by atoms with Crippen LogP contribution < -0.4 is 16.0 Å². The van der Waals surface area contributed by atoms with Gasteiger partial charge in [0.2, 0.25) is 0 Å². The lowest BCUT2D eigenvalue weighted by Crippen LogP contribution is -2.43. The van der Waals surface area contributed by atoms with Gasteiger partial charge in [-0.25, -0.2) is 9.97 Å². The van der Waals surface area contributed by atoms with E-state index in [0.717, 1.165) is 47.2 Å². The Bertz CT molecular complexity index is 1260. The van der Waals surface area contributed by atoms with E-state index in [0.29, 0.717) is 25.6 Å². The first kappa shape index (κ1) is 21.7. The van der Waals surface area contributed by atoms with Crippen molar-refractivity contribution in [3.8, 4) is 0 Å². The van der Waals surface area contributed by atoms with E-state index in [1.54, 1.807) is 0 Å². The standard InChI is InChI=1S/C24H32N8O/c1-15(2)19-12-28-32-22(27-11-18-14-31-7-5-16(3)8-23(31)29-18)9-21(30-24(19)32)26-10-17-4-6-25-13-20(17)33/h5,7-9,12,14-15,17,20,25,27,33H,4,6,10-11,13H2,1-3H3,(H,26,30)/t17-,20+/m1/s1. The predicted octanol–water partition coefficient (Wildman–Crippen LogP) is 2.80. The fraction of sp³-hybridized carbons (Fsp3) is 0.458. The van der Waals surface area contributed by atoms with Gasteiger partial charge in [0.05, 0.1) is 24.5 Å². The Kier molecular flexibility index (Phi) is 5.90. The van der Waals surface area contributed by atoms with Gasteiger partial charge in [0.25, 0.3) is 0 Å². The number of hydrogen-bond donors (Lipinski definition) is 4. The highest BCUT2D eigenvalue weighted by molar-refractivity contribution is 5.61. The zero-order valence-electron chi connectivity index (χ0n) is 19.4. The number of aliphatic hydroxyl groups excluding tert-OH is 1. The molecular formula is C24H32N8O. The van der Waals surface area contributed by atoms with Crippen LogP contribution in [0.1, 0.15) is 43.0 Å². The van der Waals surface area contributed by atoms with Crippen molar-refractivity contribution in [2.75, 3.05) is 30.3 Å². The highest BCUT2D eigenvalue weighted by atomic mass is 16.3. The molecular weight excluding hydrogens is 416 g/mol. The molecule has 33 heavy (non-hydrogen) atoms. The predicted molar refractivity (Wildman–Crippen MR) is 130 cm³/mol. The molecule has 1 aliphatic rings. The molecule has 0 bridgehead atoms. The van der Waals surface area contributed by atoms with Gasteiger partial charge in [-0.1, -0.05) is 13.8 Å². The van der Waals surface area contributed by atoms with Crippen LogP contribution in [0.25, 0.3) is 11.3 Å². The SMILES string of the molecule is Cc1ccn2cc(CNc3cc(NC[C@H]4CCNC[C@@H]4O)nc4c(C(C)C)cnn34)nc2c1. The number of nitrogens with one attached hydrogen (secondary N) is 3. The second-order valence-corrected chi connectivity index (χ2v) is 9.27. The van der Waals surface area contributed by atoms with E-state index in [1.807, 2.05) is 33.6 Å². The summed E-state index contributed by atoms with van der Waals surface area (Å²) in [7, 11) is 0. The largest absolute Gasteiger partial charge is 0.391 e. The summed E-state index contributed by atoms with van der Waals surface area (Å²) in [5.41, 5.74) is 5.03. The minimum absolute atomic E-state index is 0.205.